The largest absolute Gasteiger partial charge is 0.492 e. The van der Waals surface area contributed by atoms with Crippen LogP contribution in [0, 0.1) is 13.8 Å². The van der Waals surface area contributed by atoms with Crippen molar-refractivity contribution in [2.75, 3.05) is 27.2 Å². The summed E-state index contributed by atoms with van der Waals surface area (Å²) in [7, 11) is 3.99. The molecule has 0 aliphatic carbocycles. The van der Waals surface area contributed by atoms with Crippen LogP contribution in [0.15, 0.2) is 12.1 Å². The molecule has 1 rings (SSSR count). The van der Waals surface area contributed by atoms with Crippen molar-refractivity contribution in [2.24, 2.45) is 5.73 Å². The van der Waals surface area contributed by atoms with E-state index in [2.05, 4.69) is 0 Å². The van der Waals surface area contributed by atoms with Gasteiger partial charge in [0.25, 0.3) is 0 Å². The fraction of sp³-hybridized carbons (Fsp3) is 0.538. The van der Waals surface area contributed by atoms with Crippen molar-refractivity contribution in [1.82, 2.24) is 4.90 Å². The second kappa shape index (κ2) is 6.24. The first-order valence-corrected chi connectivity index (χ1v) is 6.07. The van der Waals surface area contributed by atoms with E-state index in [0.717, 1.165) is 28.4 Å². The molecule has 0 fully saturated rings. The van der Waals surface area contributed by atoms with Crippen molar-refractivity contribution in [3.63, 3.8) is 0 Å². The van der Waals surface area contributed by atoms with E-state index in [1.54, 1.807) is 0 Å². The van der Waals surface area contributed by atoms with Gasteiger partial charge in [-0.15, -0.1) is 0 Å². The molecule has 1 aromatic carbocycles. The molecule has 0 bridgehead atoms. The second-order valence-corrected chi connectivity index (χ2v) is 5.08. The number of rotatable bonds is 5. The maximum absolute atomic E-state index is 6.09. The lowest BCUT2D eigenvalue weighted by Crippen LogP contribution is -2.37. The molecule has 1 aromatic rings. The number of likely N-dealkylation sites (N-methyl/N-ethyl adjacent to an activating group) is 1. The van der Waals surface area contributed by atoms with Gasteiger partial charge in [-0.3, -0.25) is 0 Å². The van der Waals surface area contributed by atoms with Crippen molar-refractivity contribution in [3.05, 3.63) is 28.3 Å². The number of benzene rings is 1. The van der Waals surface area contributed by atoms with Crippen LogP contribution in [-0.2, 0) is 0 Å². The van der Waals surface area contributed by atoms with Crippen molar-refractivity contribution < 1.29 is 4.74 Å². The molecule has 0 heterocycles. The summed E-state index contributed by atoms with van der Waals surface area (Å²) in [5.74, 6) is 0.832. The number of hydrogen-bond acceptors (Lipinski definition) is 3. The molecule has 3 nitrogen and oxygen atoms in total. The van der Waals surface area contributed by atoms with Gasteiger partial charge in [-0.2, -0.15) is 0 Å². The molecule has 0 amide bonds. The van der Waals surface area contributed by atoms with E-state index in [0.29, 0.717) is 6.61 Å². The highest BCUT2D eigenvalue weighted by Gasteiger charge is 2.07. The molecule has 4 heteroatoms. The Morgan fingerprint density at radius 1 is 1.29 bits per heavy atom. The maximum Gasteiger partial charge on any atom is 0.120 e. The van der Waals surface area contributed by atoms with Crippen molar-refractivity contribution in [1.29, 1.82) is 0 Å². The van der Waals surface area contributed by atoms with Gasteiger partial charge in [-0.1, -0.05) is 11.6 Å². The summed E-state index contributed by atoms with van der Waals surface area (Å²) in [5, 5.41) is 0.801. The van der Waals surface area contributed by atoms with Gasteiger partial charge in [-0.25, -0.2) is 0 Å². The minimum atomic E-state index is 0.0151. The predicted molar refractivity (Wildman–Crippen MR) is 73.0 cm³/mol. The Kier molecular flexibility index (Phi) is 5.25. The molecule has 0 spiro atoms. The van der Waals surface area contributed by atoms with Crippen LogP contribution in [-0.4, -0.2) is 38.2 Å². The van der Waals surface area contributed by atoms with Gasteiger partial charge in [-0.05, 0) is 51.2 Å². The van der Waals surface area contributed by atoms with E-state index in [9.17, 15) is 0 Å². The van der Waals surface area contributed by atoms with Crippen LogP contribution in [0.2, 0.25) is 5.02 Å². The predicted octanol–water partition coefficient (Wildman–Crippen LogP) is 2.22. The molecule has 0 aliphatic heterocycles. The molecule has 0 aliphatic rings. The Labute approximate surface area is 109 Å². The Bertz CT molecular complexity index is 357. The average molecular weight is 257 g/mol. The Morgan fingerprint density at radius 3 is 2.29 bits per heavy atom. The van der Waals surface area contributed by atoms with E-state index in [1.165, 1.54) is 0 Å². The fourth-order valence-corrected chi connectivity index (χ4v) is 1.82. The monoisotopic (exact) mass is 256 g/mol. The SMILES string of the molecule is Cc1cc(OCC(N)CN(C)C)cc(C)c1Cl. The average Bonchev–Trinajstić information content (AvgIpc) is 2.22. The quantitative estimate of drug-likeness (QED) is 0.878. The summed E-state index contributed by atoms with van der Waals surface area (Å²) in [6.45, 7) is 5.27. The minimum Gasteiger partial charge on any atom is -0.492 e. The summed E-state index contributed by atoms with van der Waals surface area (Å²) in [5.41, 5.74) is 8.00. The second-order valence-electron chi connectivity index (χ2n) is 4.70. The lowest BCUT2D eigenvalue weighted by atomic mass is 10.1. The smallest absolute Gasteiger partial charge is 0.120 e. The molecule has 96 valence electrons. The molecule has 1 atom stereocenters. The Morgan fingerprint density at radius 2 is 1.82 bits per heavy atom. The van der Waals surface area contributed by atoms with Gasteiger partial charge in [0.2, 0.25) is 0 Å². The zero-order valence-corrected chi connectivity index (χ0v) is 11.7. The lowest BCUT2D eigenvalue weighted by molar-refractivity contribution is 0.254. The van der Waals surface area contributed by atoms with Gasteiger partial charge in [0.15, 0.2) is 0 Å². The molecule has 17 heavy (non-hydrogen) atoms. The van der Waals surface area contributed by atoms with E-state index in [1.807, 2.05) is 45.0 Å². The molecule has 2 N–H and O–H groups in total. The molecule has 0 radical (unpaired) electrons. The first-order valence-electron chi connectivity index (χ1n) is 5.70. The van der Waals surface area contributed by atoms with Crippen LogP contribution in [0.1, 0.15) is 11.1 Å². The summed E-state index contributed by atoms with van der Waals surface area (Å²) < 4.78 is 5.68. The number of aryl methyl sites for hydroxylation is 2. The highest BCUT2D eigenvalue weighted by molar-refractivity contribution is 6.32. The maximum atomic E-state index is 6.09. The topological polar surface area (TPSA) is 38.5 Å². The van der Waals surface area contributed by atoms with Gasteiger partial charge < -0.3 is 15.4 Å². The molecular weight excluding hydrogens is 236 g/mol. The number of nitrogens with two attached hydrogens (primary N) is 1. The zero-order chi connectivity index (χ0) is 13.0. The van der Waals surface area contributed by atoms with Crippen molar-refractivity contribution in [3.8, 4) is 5.75 Å². The van der Waals surface area contributed by atoms with Gasteiger partial charge >= 0.3 is 0 Å². The van der Waals surface area contributed by atoms with Crippen LogP contribution in [0.25, 0.3) is 0 Å². The molecular formula is C13H21ClN2O. The van der Waals surface area contributed by atoms with Gasteiger partial charge in [0.05, 0.1) is 6.04 Å². The van der Waals surface area contributed by atoms with E-state index < -0.39 is 0 Å². The number of halogens is 1. The molecule has 1 unspecified atom stereocenters. The standard InChI is InChI=1S/C13H21ClN2O/c1-9-5-12(6-10(2)13(9)14)17-8-11(15)7-16(3)4/h5-6,11H,7-8,15H2,1-4H3. The third-order valence-electron chi connectivity index (χ3n) is 2.47. The van der Waals surface area contributed by atoms with Crippen molar-refractivity contribution in [2.45, 2.75) is 19.9 Å². The minimum absolute atomic E-state index is 0.0151. The summed E-state index contributed by atoms with van der Waals surface area (Å²) >= 11 is 6.09. The Balaban J connectivity index is 2.58. The van der Waals surface area contributed by atoms with Crippen LogP contribution >= 0.6 is 11.6 Å². The zero-order valence-electron chi connectivity index (χ0n) is 11.0. The normalized spacial score (nSPS) is 12.9. The highest BCUT2D eigenvalue weighted by Crippen LogP contribution is 2.25. The number of hydrogen-bond donors (Lipinski definition) is 1. The first kappa shape index (κ1) is 14.3. The lowest BCUT2D eigenvalue weighted by Gasteiger charge is -2.18. The van der Waals surface area contributed by atoms with Gasteiger partial charge in [0.1, 0.15) is 12.4 Å². The van der Waals surface area contributed by atoms with E-state index >= 15 is 0 Å². The van der Waals surface area contributed by atoms with Crippen LogP contribution in [0.3, 0.4) is 0 Å². The number of nitrogens with zero attached hydrogens (tertiary/aromatic N) is 1. The third kappa shape index (κ3) is 4.54. The van der Waals surface area contributed by atoms with E-state index in [4.69, 9.17) is 22.1 Å². The first-order chi connectivity index (χ1) is 7.90. The van der Waals surface area contributed by atoms with Crippen LogP contribution in [0.5, 0.6) is 5.75 Å². The molecule has 0 aromatic heterocycles. The summed E-state index contributed by atoms with van der Waals surface area (Å²) in [6, 6.07) is 3.90. The van der Waals surface area contributed by atoms with Gasteiger partial charge in [0, 0.05) is 11.6 Å². The third-order valence-corrected chi connectivity index (χ3v) is 3.07. The van der Waals surface area contributed by atoms with Crippen LogP contribution < -0.4 is 10.5 Å². The molecule has 0 saturated carbocycles. The fourth-order valence-electron chi connectivity index (χ4n) is 1.71. The summed E-state index contributed by atoms with van der Waals surface area (Å²) in [6.07, 6.45) is 0. The van der Waals surface area contributed by atoms with E-state index in [-0.39, 0.29) is 6.04 Å². The molecule has 0 saturated heterocycles. The van der Waals surface area contributed by atoms with Crippen LogP contribution in [0.4, 0.5) is 0 Å². The summed E-state index contributed by atoms with van der Waals surface area (Å²) in [4.78, 5) is 2.05. The Hall–Kier alpha value is -0.770. The number of ether oxygens (including phenoxy) is 1. The highest BCUT2D eigenvalue weighted by atomic mass is 35.5. The van der Waals surface area contributed by atoms with Crippen molar-refractivity contribution >= 4 is 11.6 Å².